The molecule has 1 unspecified atom stereocenters. The topological polar surface area (TPSA) is 63.8 Å². The molecule has 1 aromatic rings. The third kappa shape index (κ3) is 5.63. The standard InChI is InChI=1S/C13H24N4/c1-4-5-12-7-13(17-9-16-12)15-8-11(14)6-10(2)3/h7,9-11H,4-6,8,14H2,1-3H3,(H,15,16,17). The van der Waals surface area contributed by atoms with Crippen LogP contribution in [0.15, 0.2) is 12.4 Å². The largest absolute Gasteiger partial charge is 0.368 e. The molecule has 1 rings (SSSR count). The van der Waals surface area contributed by atoms with E-state index >= 15 is 0 Å². The first-order chi connectivity index (χ1) is 8.11. The highest BCUT2D eigenvalue weighted by molar-refractivity contribution is 5.34. The first kappa shape index (κ1) is 13.9. The minimum atomic E-state index is 0.180. The monoisotopic (exact) mass is 236 g/mol. The molecule has 96 valence electrons. The fraction of sp³-hybridized carbons (Fsp3) is 0.692. The predicted molar refractivity (Wildman–Crippen MR) is 71.9 cm³/mol. The molecule has 4 nitrogen and oxygen atoms in total. The van der Waals surface area contributed by atoms with Crippen molar-refractivity contribution in [3.8, 4) is 0 Å². The van der Waals surface area contributed by atoms with Gasteiger partial charge in [0.25, 0.3) is 0 Å². The Balaban J connectivity index is 2.43. The Morgan fingerprint density at radius 2 is 2.12 bits per heavy atom. The molecule has 3 N–H and O–H groups in total. The van der Waals surface area contributed by atoms with Crippen LogP contribution in [-0.4, -0.2) is 22.6 Å². The van der Waals surface area contributed by atoms with E-state index < -0.39 is 0 Å². The molecule has 1 aromatic heterocycles. The van der Waals surface area contributed by atoms with Crippen molar-refractivity contribution in [2.24, 2.45) is 11.7 Å². The third-order valence-corrected chi connectivity index (χ3v) is 2.55. The molecule has 0 saturated carbocycles. The smallest absolute Gasteiger partial charge is 0.129 e. The molecule has 4 heteroatoms. The van der Waals surface area contributed by atoms with Crippen LogP contribution in [0.25, 0.3) is 0 Å². The Labute approximate surface area is 104 Å². The summed E-state index contributed by atoms with van der Waals surface area (Å²) in [6.45, 7) is 7.28. The van der Waals surface area contributed by atoms with E-state index in [4.69, 9.17) is 5.73 Å². The minimum Gasteiger partial charge on any atom is -0.368 e. The maximum Gasteiger partial charge on any atom is 0.129 e. The van der Waals surface area contributed by atoms with Gasteiger partial charge in [-0.15, -0.1) is 0 Å². The van der Waals surface area contributed by atoms with Crippen LogP contribution >= 0.6 is 0 Å². The van der Waals surface area contributed by atoms with E-state index in [2.05, 4.69) is 36.1 Å². The highest BCUT2D eigenvalue weighted by Gasteiger charge is 2.05. The molecule has 0 amide bonds. The number of aromatic nitrogens is 2. The number of anilines is 1. The van der Waals surface area contributed by atoms with Crippen LogP contribution in [0, 0.1) is 5.92 Å². The van der Waals surface area contributed by atoms with Gasteiger partial charge in [-0.05, 0) is 18.8 Å². The molecule has 1 heterocycles. The second-order valence-corrected chi connectivity index (χ2v) is 4.92. The lowest BCUT2D eigenvalue weighted by atomic mass is 10.0. The fourth-order valence-electron chi connectivity index (χ4n) is 1.81. The summed E-state index contributed by atoms with van der Waals surface area (Å²) in [5.41, 5.74) is 7.10. The molecule has 0 fully saturated rings. The van der Waals surface area contributed by atoms with Crippen molar-refractivity contribution in [3.63, 3.8) is 0 Å². The van der Waals surface area contributed by atoms with E-state index in [-0.39, 0.29) is 6.04 Å². The van der Waals surface area contributed by atoms with Crippen LogP contribution in [0.2, 0.25) is 0 Å². The van der Waals surface area contributed by atoms with E-state index in [1.165, 1.54) is 0 Å². The summed E-state index contributed by atoms with van der Waals surface area (Å²) in [4.78, 5) is 8.42. The minimum absolute atomic E-state index is 0.180. The number of nitrogens with one attached hydrogen (secondary N) is 1. The number of nitrogens with two attached hydrogens (primary N) is 1. The highest BCUT2D eigenvalue weighted by atomic mass is 15.0. The van der Waals surface area contributed by atoms with Crippen LogP contribution < -0.4 is 11.1 Å². The Morgan fingerprint density at radius 3 is 2.76 bits per heavy atom. The van der Waals surface area contributed by atoms with Gasteiger partial charge in [0, 0.05) is 24.3 Å². The van der Waals surface area contributed by atoms with Crippen molar-refractivity contribution in [1.29, 1.82) is 0 Å². The summed E-state index contributed by atoms with van der Waals surface area (Å²) < 4.78 is 0. The second-order valence-electron chi connectivity index (χ2n) is 4.92. The van der Waals surface area contributed by atoms with Crippen molar-refractivity contribution in [1.82, 2.24) is 9.97 Å². The number of hydrogen-bond donors (Lipinski definition) is 2. The van der Waals surface area contributed by atoms with Gasteiger partial charge >= 0.3 is 0 Å². The van der Waals surface area contributed by atoms with Gasteiger partial charge in [-0.25, -0.2) is 9.97 Å². The van der Waals surface area contributed by atoms with Gasteiger partial charge in [-0.1, -0.05) is 27.2 Å². The fourth-order valence-corrected chi connectivity index (χ4v) is 1.81. The van der Waals surface area contributed by atoms with Crippen LogP contribution in [0.3, 0.4) is 0 Å². The zero-order chi connectivity index (χ0) is 12.7. The first-order valence-corrected chi connectivity index (χ1v) is 6.42. The maximum absolute atomic E-state index is 6.01. The van der Waals surface area contributed by atoms with Gasteiger partial charge in [0.1, 0.15) is 12.1 Å². The normalized spacial score (nSPS) is 12.8. The van der Waals surface area contributed by atoms with Gasteiger partial charge in [0.15, 0.2) is 0 Å². The second kappa shape index (κ2) is 7.22. The van der Waals surface area contributed by atoms with E-state index in [0.717, 1.165) is 37.3 Å². The first-order valence-electron chi connectivity index (χ1n) is 6.42. The van der Waals surface area contributed by atoms with Crippen LogP contribution in [0.5, 0.6) is 0 Å². The molecule has 0 aliphatic carbocycles. The van der Waals surface area contributed by atoms with Crippen LogP contribution in [-0.2, 0) is 6.42 Å². The molecule has 0 saturated heterocycles. The van der Waals surface area contributed by atoms with Crippen LogP contribution in [0.4, 0.5) is 5.82 Å². The average molecular weight is 236 g/mol. The molecular weight excluding hydrogens is 212 g/mol. The Hall–Kier alpha value is -1.16. The number of hydrogen-bond acceptors (Lipinski definition) is 4. The maximum atomic E-state index is 6.01. The summed E-state index contributed by atoms with van der Waals surface area (Å²) >= 11 is 0. The predicted octanol–water partition coefficient (Wildman–Crippen LogP) is 2.21. The van der Waals surface area contributed by atoms with Crippen molar-refractivity contribution < 1.29 is 0 Å². The van der Waals surface area contributed by atoms with Gasteiger partial charge < -0.3 is 11.1 Å². The van der Waals surface area contributed by atoms with Crippen molar-refractivity contribution in [2.45, 2.75) is 46.1 Å². The SMILES string of the molecule is CCCc1cc(NCC(N)CC(C)C)ncn1. The molecule has 17 heavy (non-hydrogen) atoms. The summed E-state index contributed by atoms with van der Waals surface area (Å²) in [6, 6.07) is 2.19. The zero-order valence-corrected chi connectivity index (χ0v) is 11.1. The van der Waals surface area contributed by atoms with Crippen molar-refractivity contribution in [2.75, 3.05) is 11.9 Å². The van der Waals surface area contributed by atoms with Crippen molar-refractivity contribution >= 4 is 5.82 Å². The van der Waals surface area contributed by atoms with E-state index in [0.29, 0.717) is 5.92 Å². The molecule has 0 aliphatic rings. The molecule has 0 aromatic carbocycles. The van der Waals surface area contributed by atoms with Gasteiger partial charge in [0.2, 0.25) is 0 Å². The third-order valence-electron chi connectivity index (χ3n) is 2.55. The molecule has 0 aliphatic heterocycles. The molecule has 0 spiro atoms. The lowest BCUT2D eigenvalue weighted by Crippen LogP contribution is -2.30. The van der Waals surface area contributed by atoms with E-state index in [1.807, 2.05) is 6.07 Å². The molecule has 1 atom stereocenters. The molecule has 0 radical (unpaired) electrons. The summed E-state index contributed by atoms with van der Waals surface area (Å²) in [5, 5.41) is 3.27. The number of aryl methyl sites for hydroxylation is 1. The highest BCUT2D eigenvalue weighted by Crippen LogP contribution is 2.07. The Morgan fingerprint density at radius 1 is 1.35 bits per heavy atom. The lowest BCUT2D eigenvalue weighted by molar-refractivity contribution is 0.508. The van der Waals surface area contributed by atoms with Gasteiger partial charge in [0.05, 0.1) is 0 Å². The summed E-state index contributed by atoms with van der Waals surface area (Å²) in [5.74, 6) is 1.51. The van der Waals surface area contributed by atoms with E-state index in [9.17, 15) is 0 Å². The quantitative estimate of drug-likeness (QED) is 0.762. The number of rotatable bonds is 7. The van der Waals surface area contributed by atoms with E-state index in [1.54, 1.807) is 6.33 Å². The van der Waals surface area contributed by atoms with Crippen molar-refractivity contribution in [3.05, 3.63) is 18.1 Å². The number of nitrogens with zero attached hydrogens (tertiary/aromatic N) is 2. The molecular formula is C13H24N4. The Kier molecular flexibility index (Phi) is 5.91. The zero-order valence-electron chi connectivity index (χ0n) is 11.1. The van der Waals surface area contributed by atoms with Gasteiger partial charge in [-0.2, -0.15) is 0 Å². The van der Waals surface area contributed by atoms with Gasteiger partial charge in [-0.3, -0.25) is 0 Å². The van der Waals surface area contributed by atoms with Crippen LogP contribution in [0.1, 0.15) is 39.3 Å². The Bertz CT molecular complexity index is 325. The lowest BCUT2D eigenvalue weighted by Gasteiger charge is -2.15. The summed E-state index contributed by atoms with van der Waals surface area (Å²) in [7, 11) is 0. The average Bonchev–Trinajstić information content (AvgIpc) is 2.26. The molecule has 0 bridgehead atoms. The summed E-state index contributed by atoms with van der Waals surface area (Å²) in [6.07, 6.45) is 4.74.